The molecular formula is C10H20O. The summed E-state index contributed by atoms with van der Waals surface area (Å²) in [5.74, 6) is 0.612. The summed E-state index contributed by atoms with van der Waals surface area (Å²) < 4.78 is 0. The molecule has 0 amide bonds. The van der Waals surface area contributed by atoms with E-state index in [2.05, 4.69) is 13.8 Å². The number of unbranched alkanes of at least 4 members (excludes halogenated alkanes) is 1. The Morgan fingerprint density at radius 1 is 1.09 bits per heavy atom. The zero-order valence-corrected chi connectivity index (χ0v) is 7.98. The van der Waals surface area contributed by atoms with Crippen LogP contribution in [0.5, 0.6) is 0 Å². The number of hydrogen-bond acceptors (Lipinski definition) is 1. The molecule has 1 N–H and O–H groups in total. The summed E-state index contributed by atoms with van der Waals surface area (Å²) in [6.07, 6.45) is 5.27. The van der Waals surface area contributed by atoms with E-state index in [4.69, 9.17) is 0 Å². The van der Waals surface area contributed by atoms with Gasteiger partial charge < -0.3 is 5.11 Å². The Morgan fingerprint density at radius 2 is 1.73 bits per heavy atom. The Balaban J connectivity index is 3.92. The van der Waals surface area contributed by atoms with Crippen molar-refractivity contribution in [2.45, 2.75) is 52.9 Å². The fraction of sp³-hybridized carbons (Fsp3) is 0.800. The molecule has 0 aromatic rings. The lowest BCUT2D eigenvalue weighted by molar-refractivity contribution is 0.381. The van der Waals surface area contributed by atoms with Crippen LogP contribution < -0.4 is 0 Å². The third kappa shape index (κ3) is 4.07. The van der Waals surface area contributed by atoms with Crippen LogP contribution in [0.15, 0.2) is 11.3 Å². The first-order valence-electron chi connectivity index (χ1n) is 4.66. The van der Waals surface area contributed by atoms with Crippen molar-refractivity contribution >= 4 is 0 Å². The number of aliphatic hydroxyl groups is 1. The summed E-state index contributed by atoms with van der Waals surface area (Å²) in [7, 11) is 0. The van der Waals surface area contributed by atoms with Gasteiger partial charge in [-0.1, -0.05) is 27.2 Å². The van der Waals surface area contributed by atoms with E-state index in [1.807, 2.05) is 6.92 Å². The van der Waals surface area contributed by atoms with Crippen LogP contribution in [0.1, 0.15) is 52.9 Å². The largest absolute Gasteiger partial charge is 0.512 e. The molecule has 0 aromatic carbocycles. The number of aliphatic hydroxyl groups excluding tert-OH is 1. The second-order valence-electron chi connectivity index (χ2n) is 2.86. The van der Waals surface area contributed by atoms with Gasteiger partial charge in [-0.05, 0) is 24.8 Å². The first kappa shape index (κ1) is 10.5. The highest BCUT2D eigenvalue weighted by Crippen LogP contribution is 2.16. The van der Waals surface area contributed by atoms with Gasteiger partial charge in [0.25, 0.3) is 0 Å². The highest BCUT2D eigenvalue weighted by molar-refractivity contribution is 5.06. The summed E-state index contributed by atoms with van der Waals surface area (Å²) in [6, 6.07) is 0. The van der Waals surface area contributed by atoms with E-state index in [9.17, 15) is 5.11 Å². The van der Waals surface area contributed by atoms with Gasteiger partial charge in [0.1, 0.15) is 0 Å². The molecule has 0 spiro atoms. The predicted octanol–water partition coefficient (Wildman–Crippen LogP) is 3.81. The molecule has 0 rings (SSSR count). The Labute approximate surface area is 70.1 Å². The monoisotopic (exact) mass is 156 g/mol. The fourth-order valence-electron chi connectivity index (χ4n) is 1.17. The van der Waals surface area contributed by atoms with Gasteiger partial charge in [-0.2, -0.15) is 0 Å². The molecule has 66 valence electrons. The van der Waals surface area contributed by atoms with Crippen molar-refractivity contribution < 1.29 is 5.11 Å². The van der Waals surface area contributed by atoms with Crippen molar-refractivity contribution in [3.05, 3.63) is 11.3 Å². The normalized spacial score (nSPS) is 13.0. The maximum atomic E-state index is 9.42. The molecule has 0 saturated heterocycles. The van der Waals surface area contributed by atoms with Crippen molar-refractivity contribution in [1.82, 2.24) is 0 Å². The molecule has 0 aliphatic carbocycles. The third-order valence-corrected chi connectivity index (χ3v) is 2.00. The van der Waals surface area contributed by atoms with Crippen LogP contribution in [0.4, 0.5) is 0 Å². The summed E-state index contributed by atoms with van der Waals surface area (Å²) in [4.78, 5) is 0. The van der Waals surface area contributed by atoms with E-state index in [-0.39, 0.29) is 0 Å². The Bertz CT molecular complexity index is 125. The summed E-state index contributed by atoms with van der Waals surface area (Å²) in [6.45, 7) is 6.28. The SMILES string of the molecule is CCCCC(CC)=C(O)CC. The minimum Gasteiger partial charge on any atom is -0.512 e. The summed E-state index contributed by atoms with van der Waals surface area (Å²) in [5.41, 5.74) is 1.24. The zero-order valence-electron chi connectivity index (χ0n) is 7.98. The molecule has 0 saturated carbocycles. The molecule has 0 radical (unpaired) electrons. The topological polar surface area (TPSA) is 20.2 Å². The number of rotatable bonds is 5. The molecule has 0 unspecified atom stereocenters. The first-order valence-corrected chi connectivity index (χ1v) is 4.66. The Hall–Kier alpha value is -0.460. The van der Waals surface area contributed by atoms with Gasteiger partial charge >= 0.3 is 0 Å². The van der Waals surface area contributed by atoms with Gasteiger partial charge in [-0.25, -0.2) is 0 Å². The lowest BCUT2D eigenvalue weighted by Crippen LogP contribution is -1.89. The van der Waals surface area contributed by atoms with E-state index in [0.29, 0.717) is 5.76 Å². The quantitative estimate of drug-likeness (QED) is 0.600. The molecule has 1 heteroatoms. The molecule has 0 heterocycles. The van der Waals surface area contributed by atoms with Crippen LogP contribution in [0, 0.1) is 0 Å². The van der Waals surface area contributed by atoms with Crippen molar-refractivity contribution in [2.75, 3.05) is 0 Å². The van der Waals surface area contributed by atoms with Gasteiger partial charge in [0, 0.05) is 6.42 Å². The lowest BCUT2D eigenvalue weighted by atomic mass is 10.0. The molecule has 0 bridgehead atoms. The van der Waals surface area contributed by atoms with E-state index < -0.39 is 0 Å². The highest BCUT2D eigenvalue weighted by Gasteiger charge is 1.99. The second-order valence-corrected chi connectivity index (χ2v) is 2.86. The van der Waals surface area contributed by atoms with Crippen LogP contribution >= 0.6 is 0 Å². The van der Waals surface area contributed by atoms with Gasteiger partial charge in [0.2, 0.25) is 0 Å². The van der Waals surface area contributed by atoms with E-state index in [0.717, 1.165) is 19.3 Å². The maximum Gasteiger partial charge on any atom is 0.0911 e. The number of hydrogen-bond donors (Lipinski definition) is 1. The Kier molecular flexibility index (Phi) is 6.00. The maximum absolute atomic E-state index is 9.42. The van der Waals surface area contributed by atoms with Gasteiger partial charge in [-0.15, -0.1) is 0 Å². The van der Waals surface area contributed by atoms with Gasteiger partial charge in [0.15, 0.2) is 0 Å². The highest BCUT2D eigenvalue weighted by atomic mass is 16.3. The van der Waals surface area contributed by atoms with E-state index in [1.54, 1.807) is 0 Å². The third-order valence-electron chi connectivity index (χ3n) is 2.00. The van der Waals surface area contributed by atoms with Gasteiger partial charge in [0.05, 0.1) is 5.76 Å². The molecular weight excluding hydrogens is 136 g/mol. The van der Waals surface area contributed by atoms with Crippen molar-refractivity contribution in [3.8, 4) is 0 Å². The lowest BCUT2D eigenvalue weighted by Gasteiger charge is -2.05. The molecule has 0 aromatic heterocycles. The summed E-state index contributed by atoms with van der Waals surface area (Å²) >= 11 is 0. The number of allylic oxidation sites excluding steroid dienone is 2. The first-order chi connectivity index (χ1) is 5.26. The van der Waals surface area contributed by atoms with Crippen molar-refractivity contribution in [3.63, 3.8) is 0 Å². The molecule has 1 nitrogen and oxygen atoms in total. The van der Waals surface area contributed by atoms with Crippen LogP contribution in [-0.4, -0.2) is 5.11 Å². The average Bonchev–Trinajstić information content (AvgIpc) is 2.05. The molecule has 0 aliphatic heterocycles. The van der Waals surface area contributed by atoms with Crippen LogP contribution in [0.2, 0.25) is 0 Å². The fourth-order valence-corrected chi connectivity index (χ4v) is 1.17. The predicted molar refractivity (Wildman–Crippen MR) is 49.8 cm³/mol. The second kappa shape index (κ2) is 6.26. The smallest absolute Gasteiger partial charge is 0.0911 e. The molecule has 0 fully saturated rings. The zero-order chi connectivity index (χ0) is 8.69. The van der Waals surface area contributed by atoms with Gasteiger partial charge in [-0.3, -0.25) is 0 Å². The minimum absolute atomic E-state index is 0.612. The van der Waals surface area contributed by atoms with Crippen LogP contribution in [0.3, 0.4) is 0 Å². The minimum atomic E-state index is 0.612. The average molecular weight is 156 g/mol. The van der Waals surface area contributed by atoms with Crippen molar-refractivity contribution in [1.29, 1.82) is 0 Å². The summed E-state index contributed by atoms with van der Waals surface area (Å²) in [5, 5.41) is 9.42. The van der Waals surface area contributed by atoms with E-state index in [1.165, 1.54) is 18.4 Å². The molecule has 0 atom stereocenters. The molecule has 0 aliphatic rings. The van der Waals surface area contributed by atoms with Crippen LogP contribution in [-0.2, 0) is 0 Å². The molecule has 11 heavy (non-hydrogen) atoms. The van der Waals surface area contributed by atoms with Crippen LogP contribution in [0.25, 0.3) is 0 Å². The van der Waals surface area contributed by atoms with E-state index >= 15 is 0 Å². The van der Waals surface area contributed by atoms with Crippen molar-refractivity contribution in [2.24, 2.45) is 0 Å². The standard InChI is InChI=1S/C10H20O/c1-4-7-8-9(5-2)10(11)6-3/h11H,4-8H2,1-3H3. The Morgan fingerprint density at radius 3 is 2.09 bits per heavy atom.